The maximum atomic E-state index is 12.8. The van der Waals surface area contributed by atoms with E-state index in [9.17, 15) is 4.79 Å². The number of aryl methyl sites for hydroxylation is 1. The lowest BCUT2D eigenvalue weighted by atomic mass is 10.0. The highest BCUT2D eigenvalue weighted by Crippen LogP contribution is 2.29. The Morgan fingerprint density at radius 3 is 2.32 bits per heavy atom. The SMILES string of the molecule is Cc1ccsc1/C=N/NC(=O)c1[nH]c(-c2ccccc2)cc1-c1ccccc1. The Bertz CT molecular complexity index is 1110. The molecule has 2 aromatic carbocycles. The number of benzene rings is 2. The van der Waals surface area contributed by atoms with Crippen LogP contribution in [0, 0.1) is 6.92 Å². The molecule has 28 heavy (non-hydrogen) atoms. The van der Waals surface area contributed by atoms with Crippen molar-refractivity contribution >= 4 is 23.5 Å². The van der Waals surface area contributed by atoms with Crippen LogP contribution >= 0.6 is 11.3 Å². The first-order valence-corrected chi connectivity index (χ1v) is 9.81. The second-order valence-electron chi connectivity index (χ2n) is 6.37. The minimum Gasteiger partial charge on any atom is -0.350 e. The molecular weight excluding hydrogens is 366 g/mol. The Balaban J connectivity index is 1.66. The summed E-state index contributed by atoms with van der Waals surface area (Å²) >= 11 is 1.59. The van der Waals surface area contributed by atoms with Gasteiger partial charge in [-0.2, -0.15) is 5.10 Å². The molecule has 0 saturated carbocycles. The van der Waals surface area contributed by atoms with Gasteiger partial charge in [0.1, 0.15) is 5.69 Å². The smallest absolute Gasteiger partial charge is 0.288 e. The quantitative estimate of drug-likeness (QED) is 0.347. The molecule has 0 aliphatic carbocycles. The summed E-state index contributed by atoms with van der Waals surface area (Å²) in [5, 5.41) is 6.14. The third kappa shape index (κ3) is 3.80. The van der Waals surface area contributed by atoms with E-state index in [1.165, 1.54) is 0 Å². The molecule has 0 saturated heterocycles. The molecule has 4 nitrogen and oxygen atoms in total. The highest BCUT2D eigenvalue weighted by Gasteiger charge is 2.17. The van der Waals surface area contributed by atoms with Crippen LogP contribution in [0.25, 0.3) is 22.4 Å². The normalized spacial score (nSPS) is 11.0. The number of thiophene rings is 1. The molecule has 0 radical (unpaired) electrons. The molecule has 0 unspecified atom stereocenters. The molecule has 4 rings (SSSR count). The third-order valence-electron chi connectivity index (χ3n) is 4.46. The average Bonchev–Trinajstić information content (AvgIpc) is 3.36. The van der Waals surface area contributed by atoms with E-state index in [0.29, 0.717) is 5.69 Å². The lowest BCUT2D eigenvalue weighted by Crippen LogP contribution is -2.18. The van der Waals surface area contributed by atoms with E-state index in [2.05, 4.69) is 15.5 Å². The first kappa shape index (κ1) is 17.9. The molecule has 0 bridgehead atoms. The van der Waals surface area contributed by atoms with Crippen molar-refractivity contribution in [3.63, 3.8) is 0 Å². The second kappa shape index (κ2) is 8.06. The van der Waals surface area contributed by atoms with Crippen LogP contribution in [0.3, 0.4) is 0 Å². The Hall–Kier alpha value is -3.44. The molecule has 1 amide bonds. The fourth-order valence-corrected chi connectivity index (χ4v) is 3.76. The van der Waals surface area contributed by atoms with Gasteiger partial charge in [-0.3, -0.25) is 4.79 Å². The van der Waals surface area contributed by atoms with E-state index >= 15 is 0 Å². The van der Waals surface area contributed by atoms with Crippen molar-refractivity contribution in [2.75, 3.05) is 0 Å². The molecular formula is C23H19N3OS. The maximum absolute atomic E-state index is 12.8. The van der Waals surface area contributed by atoms with Gasteiger partial charge in [-0.15, -0.1) is 11.3 Å². The number of hydrogen-bond acceptors (Lipinski definition) is 3. The van der Waals surface area contributed by atoms with Crippen molar-refractivity contribution in [3.8, 4) is 22.4 Å². The zero-order chi connectivity index (χ0) is 19.3. The lowest BCUT2D eigenvalue weighted by molar-refractivity contribution is 0.0951. The van der Waals surface area contributed by atoms with E-state index in [1.54, 1.807) is 17.6 Å². The summed E-state index contributed by atoms with van der Waals surface area (Å²) in [6, 6.07) is 23.9. The number of nitrogens with zero attached hydrogens (tertiary/aromatic N) is 1. The number of carbonyl (C=O) groups is 1. The summed E-state index contributed by atoms with van der Waals surface area (Å²) in [5.74, 6) is -0.272. The monoisotopic (exact) mass is 385 g/mol. The van der Waals surface area contributed by atoms with E-state index in [0.717, 1.165) is 32.8 Å². The van der Waals surface area contributed by atoms with Gasteiger partial charge in [0, 0.05) is 16.1 Å². The van der Waals surface area contributed by atoms with Crippen LogP contribution in [0.2, 0.25) is 0 Å². The summed E-state index contributed by atoms with van der Waals surface area (Å²) < 4.78 is 0. The first-order valence-electron chi connectivity index (χ1n) is 8.94. The highest BCUT2D eigenvalue weighted by molar-refractivity contribution is 7.11. The molecule has 2 heterocycles. The molecule has 0 aliphatic rings. The molecule has 138 valence electrons. The van der Waals surface area contributed by atoms with E-state index in [1.807, 2.05) is 85.1 Å². The standard InChI is InChI=1S/C23H19N3OS/c1-16-12-13-28-21(16)15-24-26-23(27)22-19(17-8-4-2-5-9-17)14-20(25-22)18-10-6-3-7-11-18/h2-15,25H,1H3,(H,26,27)/b24-15+. The highest BCUT2D eigenvalue weighted by atomic mass is 32.1. The predicted molar refractivity (Wildman–Crippen MR) is 116 cm³/mol. The molecule has 0 atom stereocenters. The molecule has 0 spiro atoms. The van der Waals surface area contributed by atoms with Gasteiger partial charge in [0.2, 0.25) is 0 Å². The van der Waals surface area contributed by atoms with Crippen molar-refractivity contribution in [3.05, 3.63) is 94.3 Å². The molecule has 0 aliphatic heterocycles. The number of carbonyl (C=O) groups excluding carboxylic acids is 1. The molecule has 4 aromatic rings. The summed E-state index contributed by atoms with van der Waals surface area (Å²) in [7, 11) is 0. The predicted octanol–water partition coefficient (Wildman–Crippen LogP) is 5.48. The van der Waals surface area contributed by atoms with E-state index in [4.69, 9.17) is 0 Å². The minimum atomic E-state index is -0.272. The van der Waals surface area contributed by atoms with Gasteiger partial charge < -0.3 is 4.98 Å². The Kier molecular flexibility index (Phi) is 5.17. The maximum Gasteiger partial charge on any atom is 0.288 e. The van der Waals surface area contributed by atoms with Crippen LogP contribution in [0.4, 0.5) is 0 Å². The van der Waals surface area contributed by atoms with Gasteiger partial charge >= 0.3 is 0 Å². The second-order valence-corrected chi connectivity index (χ2v) is 7.32. The summed E-state index contributed by atoms with van der Waals surface area (Å²) in [6.07, 6.45) is 1.68. The molecule has 0 fully saturated rings. The van der Waals surface area contributed by atoms with Gasteiger partial charge in [-0.05, 0) is 41.1 Å². The van der Waals surface area contributed by atoms with Crippen LogP contribution in [0.15, 0.2) is 83.3 Å². The van der Waals surface area contributed by atoms with Crippen LogP contribution in [-0.2, 0) is 0 Å². The van der Waals surface area contributed by atoms with Crippen molar-refractivity contribution in [1.82, 2.24) is 10.4 Å². The largest absolute Gasteiger partial charge is 0.350 e. The van der Waals surface area contributed by atoms with Crippen molar-refractivity contribution < 1.29 is 4.79 Å². The van der Waals surface area contributed by atoms with Crippen molar-refractivity contribution in [1.29, 1.82) is 0 Å². The third-order valence-corrected chi connectivity index (χ3v) is 5.42. The lowest BCUT2D eigenvalue weighted by Gasteiger charge is -2.03. The van der Waals surface area contributed by atoms with E-state index < -0.39 is 0 Å². The fraction of sp³-hybridized carbons (Fsp3) is 0.0435. The van der Waals surface area contributed by atoms with Crippen LogP contribution in [-0.4, -0.2) is 17.1 Å². The number of aromatic amines is 1. The van der Waals surface area contributed by atoms with Crippen LogP contribution in [0.1, 0.15) is 20.9 Å². The number of hydrogen-bond donors (Lipinski definition) is 2. The van der Waals surface area contributed by atoms with Gasteiger partial charge in [0.25, 0.3) is 5.91 Å². The van der Waals surface area contributed by atoms with Crippen molar-refractivity contribution in [2.45, 2.75) is 6.92 Å². The van der Waals surface area contributed by atoms with Gasteiger partial charge in [0.15, 0.2) is 0 Å². The van der Waals surface area contributed by atoms with Gasteiger partial charge in [-0.1, -0.05) is 60.7 Å². The fourth-order valence-electron chi connectivity index (χ4n) is 2.97. The Morgan fingerprint density at radius 1 is 1.00 bits per heavy atom. The van der Waals surface area contributed by atoms with Crippen LogP contribution < -0.4 is 5.43 Å². The number of nitrogens with one attached hydrogen (secondary N) is 2. The summed E-state index contributed by atoms with van der Waals surface area (Å²) in [4.78, 5) is 17.1. The number of hydrazone groups is 1. The zero-order valence-electron chi connectivity index (χ0n) is 15.3. The van der Waals surface area contributed by atoms with E-state index in [-0.39, 0.29) is 5.91 Å². The molecule has 2 aromatic heterocycles. The number of rotatable bonds is 5. The minimum absolute atomic E-state index is 0.272. The first-order chi connectivity index (χ1) is 13.7. The zero-order valence-corrected chi connectivity index (χ0v) is 16.2. The average molecular weight is 385 g/mol. The Labute approximate surface area is 167 Å². The molecule has 2 N–H and O–H groups in total. The number of H-pyrrole nitrogens is 1. The number of aromatic nitrogens is 1. The Morgan fingerprint density at radius 2 is 1.68 bits per heavy atom. The van der Waals surface area contributed by atoms with Gasteiger partial charge in [-0.25, -0.2) is 5.43 Å². The van der Waals surface area contributed by atoms with Gasteiger partial charge in [0.05, 0.1) is 6.21 Å². The number of amides is 1. The summed E-state index contributed by atoms with van der Waals surface area (Å²) in [6.45, 7) is 2.02. The van der Waals surface area contributed by atoms with Crippen LogP contribution in [0.5, 0.6) is 0 Å². The summed E-state index contributed by atoms with van der Waals surface area (Å²) in [5.41, 5.74) is 8.01. The molecule has 5 heteroatoms. The van der Waals surface area contributed by atoms with Crippen molar-refractivity contribution in [2.24, 2.45) is 5.10 Å². The topological polar surface area (TPSA) is 57.2 Å².